The van der Waals surface area contributed by atoms with Gasteiger partial charge in [-0.25, -0.2) is 4.79 Å². The van der Waals surface area contributed by atoms with Gasteiger partial charge >= 0.3 is 5.97 Å². The van der Waals surface area contributed by atoms with Crippen LogP contribution in [0, 0.1) is 0 Å². The molecule has 1 aromatic heterocycles. The van der Waals surface area contributed by atoms with Gasteiger partial charge in [-0.2, -0.15) is 0 Å². The van der Waals surface area contributed by atoms with Crippen LogP contribution >= 0.6 is 0 Å². The Labute approximate surface area is 118 Å². The summed E-state index contributed by atoms with van der Waals surface area (Å²) in [6, 6.07) is 11.0. The Bertz CT molecular complexity index is 584. The van der Waals surface area contributed by atoms with E-state index in [9.17, 15) is 4.79 Å². The van der Waals surface area contributed by atoms with Crippen molar-refractivity contribution in [3.63, 3.8) is 0 Å². The summed E-state index contributed by atoms with van der Waals surface area (Å²) in [5, 5.41) is 0. The van der Waals surface area contributed by atoms with Crippen molar-refractivity contribution >= 4 is 5.97 Å². The van der Waals surface area contributed by atoms with Gasteiger partial charge in [-0.1, -0.05) is 38.1 Å². The molecule has 0 bridgehead atoms. The van der Waals surface area contributed by atoms with Crippen molar-refractivity contribution in [2.75, 3.05) is 7.11 Å². The van der Waals surface area contributed by atoms with Gasteiger partial charge in [0, 0.05) is 0 Å². The molecule has 1 atom stereocenters. The van der Waals surface area contributed by atoms with E-state index in [0.29, 0.717) is 11.7 Å². The number of benzene rings is 1. The minimum atomic E-state index is -0.501. The number of nitrogens with two attached hydrogens (primary N) is 1. The molecule has 2 N–H and O–H groups in total. The average Bonchev–Trinajstić information content (AvgIpc) is 2.95. The van der Waals surface area contributed by atoms with Crippen molar-refractivity contribution in [3.8, 4) is 0 Å². The van der Waals surface area contributed by atoms with Crippen LogP contribution in [0.3, 0.4) is 0 Å². The van der Waals surface area contributed by atoms with E-state index in [-0.39, 0.29) is 5.76 Å². The number of carbonyl (C=O) groups is 1. The van der Waals surface area contributed by atoms with E-state index in [2.05, 4.69) is 30.7 Å². The molecule has 0 spiro atoms. The summed E-state index contributed by atoms with van der Waals surface area (Å²) >= 11 is 0. The van der Waals surface area contributed by atoms with Gasteiger partial charge in [0.05, 0.1) is 13.2 Å². The number of methoxy groups -OCH3 is 1. The molecule has 0 aliphatic rings. The second kappa shape index (κ2) is 5.92. The van der Waals surface area contributed by atoms with Gasteiger partial charge in [-0.15, -0.1) is 0 Å². The molecule has 1 aromatic carbocycles. The van der Waals surface area contributed by atoms with Crippen LogP contribution in [0.2, 0.25) is 0 Å². The SMILES string of the molecule is COC(=O)c1ccc(C(N)c2ccc(C(C)C)cc2)o1. The molecule has 0 saturated heterocycles. The number of rotatable bonds is 4. The summed E-state index contributed by atoms with van der Waals surface area (Å²) in [6.45, 7) is 4.29. The first-order chi connectivity index (χ1) is 9.52. The molecule has 106 valence electrons. The fraction of sp³-hybridized carbons (Fsp3) is 0.312. The molecular formula is C16H19NO3. The van der Waals surface area contributed by atoms with E-state index < -0.39 is 12.0 Å². The maximum absolute atomic E-state index is 11.3. The number of carbonyl (C=O) groups excluding carboxylic acids is 1. The van der Waals surface area contributed by atoms with Crippen LogP contribution in [0.5, 0.6) is 0 Å². The van der Waals surface area contributed by atoms with E-state index >= 15 is 0 Å². The monoisotopic (exact) mass is 273 g/mol. The van der Waals surface area contributed by atoms with Gasteiger partial charge < -0.3 is 14.9 Å². The van der Waals surface area contributed by atoms with Gasteiger partial charge in [0.25, 0.3) is 0 Å². The Kier molecular flexibility index (Phi) is 4.25. The smallest absolute Gasteiger partial charge is 0.373 e. The molecular weight excluding hydrogens is 254 g/mol. The van der Waals surface area contributed by atoms with Gasteiger partial charge in [0.1, 0.15) is 5.76 Å². The highest BCUT2D eigenvalue weighted by molar-refractivity contribution is 5.86. The van der Waals surface area contributed by atoms with Gasteiger partial charge in [0.15, 0.2) is 0 Å². The molecule has 0 amide bonds. The van der Waals surface area contributed by atoms with Crippen LogP contribution < -0.4 is 5.73 Å². The maximum atomic E-state index is 11.3. The maximum Gasteiger partial charge on any atom is 0.373 e. The molecule has 2 rings (SSSR count). The van der Waals surface area contributed by atoms with Crippen LogP contribution in [0.25, 0.3) is 0 Å². The van der Waals surface area contributed by atoms with Crippen LogP contribution in [0.4, 0.5) is 0 Å². The molecule has 0 fully saturated rings. The number of furan rings is 1. The highest BCUT2D eigenvalue weighted by Gasteiger charge is 2.17. The second-order valence-corrected chi connectivity index (χ2v) is 4.99. The molecule has 1 heterocycles. The second-order valence-electron chi connectivity index (χ2n) is 4.99. The lowest BCUT2D eigenvalue weighted by atomic mass is 9.98. The zero-order valence-electron chi connectivity index (χ0n) is 11.9. The summed E-state index contributed by atoms with van der Waals surface area (Å²) in [7, 11) is 1.31. The third-order valence-electron chi connectivity index (χ3n) is 3.28. The summed E-state index contributed by atoms with van der Waals surface area (Å²) < 4.78 is 10.0. The lowest BCUT2D eigenvalue weighted by Crippen LogP contribution is -2.11. The zero-order valence-corrected chi connectivity index (χ0v) is 11.9. The van der Waals surface area contributed by atoms with Crippen molar-refractivity contribution in [2.45, 2.75) is 25.8 Å². The average molecular weight is 273 g/mol. The minimum absolute atomic E-state index is 0.164. The van der Waals surface area contributed by atoms with E-state index in [4.69, 9.17) is 10.2 Å². The third kappa shape index (κ3) is 2.91. The molecule has 20 heavy (non-hydrogen) atoms. The van der Waals surface area contributed by atoms with Crippen molar-refractivity contribution in [1.82, 2.24) is 0 Å². The first-order valence-corrected chi connectivity index (χ1v) is 6.56. The number of ether oxygens (including phenoxy) is 1. The van der Waals surface area contributed by atoms with E-state index in [1.165, 1.54) is 12.7 Å². The Morgan fingerprint density at radius 1 is 1.10 bits per heavy atom. The molecule has 0 saturated carbocycles. The molecule has 2 aromatic rings. The fourth-order valence-corrected chi connectivity index (χ4v) is 1.98. The summed E-state index contributed by atoms with van der Waals surface area (Å²) in [5.41, 5.74) is 8.36. The zero-order chi connectivity index (χ0) is 14.7. The van der Waals surface area contributed by atoms with Crippen molar-refractivity contribution in [3.05, 3.63) is 59.0 Å². The predicted octanol–water partition coefficient (Wildman–Crippen LogP) is 3.24. The summed E-state index contributed by atoms with van der Waals surface area (Å²) in [5.74, 6) is 0.688. The lowest BCUT2D eigenvalue weighted by Gasteiger charge is -2.11. The van der Waals surface area contributed by atoms with Crippen molar-refractivity contribution in [2.24, 2.45) is 5.73 Å². The Hall–Kier alpha value is -2.07. The van der Waals surface area contributed by atoms with Crippen molar-refractivity contribution < 1.29 is 13.9 Å². The van der Waals surface area contributed by atoms with E-state index in [1.807, 2.05) is 12.1 Å². The largest absolute Gasteiger partial charge is 0.463 e. The summed E-state index contributed by atoms with van der Waals surface area (Å²) in [6.07, 6.45) is 0. The van der Waals surface area contributed by atoms with Crippen molar-refractivity contribution in [1.29, 1.82) is 0 Å². The number of esters is 1. The Morgan fingerprint density at radius 2 is 1.70 bits per heavy atom. The van der Waals surface area contributed by atoms with Crippen LogP contribution in [0.15, 0.2) is 40.8 Å². The van der Waals surface area contributed by atoms with Gasteiger partial charge in [-0.3, -0.25) is 0 Å². The fourth-order valence-electron chi connectivity index (χ4n) is 1.98. The van der Waals surface area contributed by atoms with Gasteiger partial charge in [-0.05, 0) is 29.2 Å². The topological polar surface area (TPSA) is 65.5 Å². The van der Waals surface area contributed by atoms with Crippen LogP contribution in [-0.4, -0.2) is 13.1 Å². The highest BCUT2D eigenvalue weighted by atomic mass is 16.5. The molecule has 0 radical (unpaired) electrons. The Balaban J connectivity index is 2.20. The van der Waals surface area contributed by atoms with E-state index in [0.717, 1.165) is 5.56 Å². The lowest BCUT2D eigenvalue weighted by molar-refractivity contribution is 0.0562. The van der Waals surface area contributed by atoms with E-state index in [1.54, 1.807) is 12.1 Å². The van der Waals surface area contributed by atoms with Gasteiger partial charge in [0.2, 0.25) is 5.76 Å². The molecule has 4 nitrogen and oxygen atoms in total. The minimum Gasteiger partial charge on any atom is -0.463 e. The molecule has 0 aliphatic heterocycles. The normalized spacial score (nSPS) is 12.4. The predicted molar refractivity (Wildman–Crippen MR) is 76.6 cm³/mol. The summed E-state index contributed by atoms with van der Waals surface area (Å²) in [4.78, 5) is 11.3. The first kappa shape index (κ1) is 14.3. The standard InChI is InChI=1S/C16H19NO3/c1-10(2)11-4-6-12(7-5-11)15(17)13-8-9-14(20-13)16(18)19-3/h4-10,15H,17H2,1-3H3. The highest BCUT2D eigenvalue weighted by Crippen LogP contribution is 2.24. The molecule has 0 aliphatic carbocycles. The quantitative estimate of drug-likeness (QED) is 0.868. The van der Waals surface area contributed by atoms with Crippen LogP contribution in [-0.2, 0) is 4.74 Å². The molecule has 4 heteroatoms. The van der Waals surface area contributed by atoms with Crippen LogP contribution in [0.1, 0.15) is 53.2 Å². The Morgan fingerprint density at radius 3 is 2.25 bits per heavy atom. The number of hydrogen-bond acceptors (Lipinski definition) is 4. The third-order valence-corrected chi connectivity index (χ3v) is 3.28. The molecule has 1 unspecified atom stereocenters. The first-order valence-electron chi connectivity index (χ1n) is 6.56. The number of hydrogen-bond donors (Lipinski definition) is 1.